The maximum Gasteiger partial charge on any atom is 0.334 e. The number of hydrogen-bond acceptors (Lipinski definition) is 5. The van der Waals surface area contributed by atoms with Gasteiger partial charge >= 0.3 is 17.8 Å². The summed E-state index contributed by atoms with van der Waals surface area (Å²) in [6.45, 7) is 4.17. The van der Waals surface area contributed by atoms with Crippen LogP contribution in [0.2, 0.25) is 0 Å². The minimum atomic E-state index is -0.796. The Kier molecular flexibility index (Phi) is 4.44. The van der Waals surface area contributed by atoms with Gasteiger partial charge in [-0.15, -0.1) is 11.3 Å². The average Bonchev–Trinajstić information content (AvgIpc) is 3.12. The van der Waals surface area contributed by atoms with Gasteiger partial charge in [-0.3, -0.25) is 14.5 Å². The summed E-state index contributed by atoms with van der Waals surface area (Å²) in [6.07, 6.45) is 0. The van der Waals surface area contributed by atoms with Crippen molar-refractivity contribution < 1.29 is 14.4 Å². The van der Waals surface area contributed by atoms with Crippen LogP contribution in [0.5, 0.6) is 0 Å². The number of carbonyl (C=O) groups excluding carboxylic acids is 3. The Labute approximate surface area is 143 Å². The molecule has 0 radical (unpaired) electrons. The van der Waals surface area contributed by atoms with Gasteiger partial charge in [-0.25, -0.2) is 14.7 Å². The van der Waals surface area contributed by atoms with E-state index in [4.69, 9.17) is 0 Å². The van der Waals surface area contributed by atoms with Gasteiger partial charge in [0.25, 0.3) is 0 Å². The Bertz CT molecular complexity index is 785. The molecule has 1 saturated heterocycles. The molecule has 2 heterocycles. The van der Waals surface area contributed by atoms with Crippen molar-refractivity contribution in [2.75, 3.05) is 0 Å². The SMILES string of the molecule is CC(C)c1nc(CN2C(=O)C(=O)N(Cc3ccccc3)C2=O)cs1. The van der Waals surface area contributed by atoms with Crippen molar-refractivity contribution >= 4 is 29.2 Å². The van der Waals surface area contributed by atoms with Gasteiger partial charge in [0.2, 0.25) is 0 Å². The molecule has 0 aliphatic carbocycles. The Morgan fingerprint density at radius 2 is 1.62 bits per heavy atom. The first-order chi connectivity index (χ1) is 11.5. The van der Waals surface area contributed by atoms with Crippen LogP contribution in [0.4, 0.5) is 4.79 Å². The fourth-order valence-electron chi connectivity index (χ4n) is 2.42. The molecule has 1 aliphatic rings. The Balaban J connectivity index is 1.76. The van der Waals surface area contributed by atoms with Crippen molar-refractivity contribution in [3.05, 3.63) is 52.0 Å². The van der Waals surface area contributed by atoms with Crippen LogP contribution < -0.4 is 0 Å². The number of carbonyl (C=O) groups is 3. The van der Waals surface area contributed by atoms with Gasteiger partial charge in [0, 0.05) is 11.3 Å². The lowest BCUT2D eigenvalue weighted by Gasteiger charge is -2.14. The summed E-state index contributed by atoms with van der Waals surface area (Å²) in [4.78, 5) is 43.1. The van der Waals surface area contributed by atoms with Gasteiger partial charge in [-0.2, -0.15) is 0 Å². The van der Waals surface area contributed by atoms with Crippen LogP contribution >= 0.6 is 11.3 Å². The maximum atomic E-state index is 12.5. The van der Waals surface area contributed by atoms with Crippen LogP contribution in [0.15, 0.2) is 35.7 Å². The quantitative estimate of drug-likeness (QED) is 0.618. The second-order valence-electron chi connectivity index (χ2n) is 5.88. The molecule has 3 rings (SSSR count). The van der Waals surface area contributed by atoms with E-state index in [1.165, 1.54) is 11.3 Å². The number of hydrogen-bond donors (Lipinski definition) is 0. The number of aromatic nitrogens is 1. The predicted octanol–water partition coefficient (Wildman–Crippen LogP) is 2.76. The average molecular weight is 343 g/mol. The van der Waals surface area contributed by atoms with E-state index in [1.807, 2.05) is 49.6 Å². The van der Waals surface area contributed by atoms with Crippen LogP contribution in [0.25, 0.3) is 0 Å². The zero-order valence-corrected chi connectivity index (χ0v) is 14.2. The monoisotopic (exact) mass is 343 g/mol. The molecule has 6 nitrogen and oxygen atoms in total. The molecule has 0 N–H and O–H groups in total. The first kappa shape index (κ1) is 16.3. The molecule has 1 aromatic heterocycles. The van der Waals surface area contributed by atoms with Crippen molar-refractivity contribution in [1.82, 2.24) is 14.8 Å². The molecule has 0 spiro atoms. The second kappa shape index (κ2) is 6.52. The number of rotatable bonds is 5. The van der Waals surface area contributed by atoms with Crippen LogP contribution in [0, 0.1) is 0 Å². The molecular formula is C17H17N3O3S. The van der Waals surface area contributed by atoms with Crippen molar-refractivity contribution in [1.29, 1.82) is 0 Å². The zero-order valence-electron chi connectivity index (χ0n) is 13.4. The fourth-order valence-corrected chi connectivity index (χ4v) is 3.24. The summed E-state index contributed by atoms with van der Waals surface area (Å²) in [5.74, 6) is -1.30. The van der Waals surface area contributed by atoms with Gasteiger partial charge in [-0.05, 0) is 5.56 Å². The minimum absolute atomic E-state index is 0.0257. The van der Waals surface area contributed by atoms with E-state index in [1.54, 1.807) is 0 Å². The molecule has 0 bridgehead atoms. The number of amides is 4. The lowest BCUT2D eigenvalue weighted by atomic mass is 10.2. The van der Waals surface area contributed by atoms with E-state index in [2.05, 4.69) is 4.98 Å². The third-order valence-corrected chi connectivity index (χ3v) is 4.90. The van der Waals surface area contributed by atoms with Crippen LogP contribution in [-0.2, 0) is 22.7 Å². The van der Waals surface area contributed by atoms with Gasteiger partial charge in [-0.1, -0.05) is 44.2 Å². The summed E-state index contributed by atoms with van der Waals surface area (Å²) >= 11 is 1.49. The van der Waals surface area contributed by atoms with E-state index in [0.29, 0.717) is 5.69 Å². The first-order valence-corrected chi connectivity index (χ1v) is 8.51. The lowest BCUT2D eigenvalue weighted by Crippen LogP contribution is -2.32. The standard InChI is InChI=1S/C17H17N3O3S/c1-11(2)14-18-13(10-24-14)9-20-16(22)15(21)19(17(20)23)8-12-6-4-3-5-7-12/h3-7,10-11H,8-9H2,1-2H3. The smallest absolute Gasteiger partial charge is 0.263 e. The summed E-state index contributed by atoms with van der Waals surface area (Å²) < 4.78 is 0. The molecule has 0 saturated carbocycles. The van der Waals surface area contributed by atoms with Crippen LogP contribution in [-0.4, -0.2) is 32.6 Å². The number of nitrogens with zero attached hydrogens (tertiary/aromatic N) is 3. The number of urea groups is 1. The van der Waals surface area contributed by atoms with Crippen molar-refractivity contribution in [3.63, 3.8) is 0 Å². The third-order valence-electron chi connectivity index (χ3n) is 3.70. The normalized spacial score (nSPS) is 15.0. The largest absolute Gasteiger partial charge is 0.334 e. The van der Waals surface area contributed by atoms with E-state index >= 15 is 0 Å². The van der Waals surface area contributed by atoms with Gasteiger partial charge < -0.3 is 0 Å². The molecule has 2 aromatic rings. The molecular weight excluding hydrogens is 326 g/mol. The Hall–Kier alpha value is -2.54. The molecule has 7 heteroatoms. The number of benzene rings is 1. The van der Waals surface area contributed by atoms with Crippen molar-refractivity contribution in [2.24, 2.45) is 0 Å². The van der Waals surface area contributed by atoms with Gasteiger partial charge in [0.1, 0.15) is 0 Å². The van der Waals surface area contributed by atoms with Crippen molar-refractivity contribution in [2.45, 2.75) is 32.9 Å². The highest BCUT2D eigenvalue weighted by atomic mass is 32.1. The zero-order chi connectivity index (χ0) is 17.3. The summed E-state index contributed by atoms with van der Waals surface area (Å²) in [7, 11) is 0. The maximum absolute atomic E-state index is 12.5. The lowest BCUT2D eigenvalue weighted by molar-refractivity contribution is -0.143. The summed E-state index contributed by atoms with van der Waals surface area (Å²) in [5.41, 5.74) is 1.42. The molecule has 0 unspecified atom stereocenters. The molecule has 4 amide bonds. The highest BCUT2D eigenvalue weighted by Crippen LogP contribution is 2.22. The topological polar surface area (TPSA) is 70.6 Å². The van der Waals surface area contributed by atoms with E-state index in [0.717, 1.165) is 20.4 Å². The highest BCUT2D eigenvalue weighted by Gasteiger charge is 2.44. The number of imide groups is 2. The van der Waals surface area contributed by atoms with Crippen molar-refractivity contribution in [3.8, 4) is 0 Å². The molecule has 24 heavy (non-hydrogen) atoms. The first-order valence-electron chi connectivity index (χ1n) is 7.63. The van der Waals surface area contributed by atoms with Gasteiger partial charge in [0.05, 0.1) is 23.8 Å². The van der Waals surface area contributed by atoms with E-state index in [-0.39, 0.29) is 19.0 Å². The molecule has 0 atom stereocenters. The number of thiazole rings is 1. The van der Waals surface area contributed by atoms with Crippen LogP contribution in [0.3, 0.4) is 0 Å². The Morgan fingerprint density at radius 1 is 1.00 bits per heavy atom. The fraction of sp³-hybridized carbons (Fsp3) is 0.294. The predicted molar refractivity (Wildman–Crippen MR) is 89.1 cm³/mol. The minimum Gasteiger partial charge on any atom is -0.263 e. The highest BCUT2D eigenvalue weighted by molar-refractivity contribution is 7.09. The third kappa shape index (κ3) is 3.07. The summed E-state index contributed by atoms with van der Waals surface area (Å²) in [6, 6.07) is 8.52. The molecule has 1 fully saturated rings. The molecule has 1 aromatic carbocycles. The Morgan fingerprint density at radius 3 is 2.21 bits per heavy atom. The molecule has 1 aliphatic heterocycles. The molecule has 124 valence electrons. The van der Waals surface area contributed by atoms with E-state index in [9.17, 15) is 14.4 Å². The van der Waals surface area contributed by atoms with Gasteiger partial charge in [0.15, 0.2) is 0 Å². The van der Waals surface area contributed by atoms with Crippen LogP contribution in [0.1, 0.15) is 36.0 Å². The van der Waals surface area contributed by atoms with E-state index < -0.39 is 17.8 Å². The second-order valence-corrected chi connectivity index (χ2v) is 6.77. The summed E-state index contributed by atoms with van der Waals surface area (Å²) in [5, 5.41) is 2.76.